The summed E-state index contributed by atoms with van der Waals surface area (Å²) in [5.41, 5.74) is 1.66. The molecule has 2 bridgehead atoms. The van der Waals surface area contributed by atoms with Crippen molar-refractivity contribution in [2.75, 3.05) is 6.61 Å². The summed E-state index contributed by atoms with van der Waals surface area (Å²) in [7, 11) is 0. The fourth-order valence-electron chi connectivity index (χ4n) is 4.82. The molecule has 1 heterocycles. The van der Waals surface area contributed by atoms with E-state index in [9.17, 15) is 9.59 Å². The van der Waals surface area contributed by atoms with E-state index in [1.54, 1.807) is 12.3 Å². The highest BCUT2D eigenvalue weighted by Gasteiger charge is 2.59. The number of rotatable bonds is 8. The Hall–Kier alpha value is -2.89. The van der Waals surface area contributed by atoms with Crippen LogP contribution < -0.4 is 9.47 Å². The molecule has 1 aromatic carbocycles. The van der Waals surface area contributed by atoms with Crippen LogP contribution in [0.25, 0.3) is 0 Å². The number of ether oxygens (including phenoxy) is 2. The molecule has 158 valence electrons. The van der Waals surface area contributed by atoms with Gasteiger partial charge < -0.3 is 9.47 Å². The molecule has 4 rings (SSSR count). The Balaban J connectivity index is 1.62. The summed E-state index contributed by atoms with van der Waals surface area (Å²) < 4.78 is 11.8. The third kappa shape index (κ3) is 3.44. The second kappa shape index (κ2) is 8.09. The van der Waals surface area contributed by atoms with E-state index in [0.717, 1.165) is 22.6 Å². The van der Waals surface area contributed by atoms with Gasteiger partial charge in [0.15, 0.2) is 11.5 Å². The van der Waals surface area contributed by atoms with Gasteiger partial charge in [-0.05, 0) is 63.1 Å². The summed E-state index contributed by atoms with van der Waals surface area (Å²) in [6, 6.07) is 3.76. The lowest BCUT2D eigenvalue weighted by Crippen LogP contribution is -2.28. The van der Waals surface area contributed by atoms with Crippen molar-refractivity contribution in [3.8, 4) is 11.5 Å². The van der Waals surface area contributed by atoms with Gasteiger partial charge in [0.05, 0.1) is 30.8 Å². The van der Waals surface area contributed by atoms with Gasteiger partial charge in [-0.2, -0.15) is 10.1 Å². The highest BCUT2D eigenvalue weighted by molar-refractivity contribution is 6.06. The van der Waals surface area contributed by atoms with Gasteiger partial charge in [0.1, 0.15) is 0 Å². The second-order valence-corrected chi connectivity index (χ2v) is 8.33. The lowest BCUT2D eigenvalue weighted by atomic mass is 9.85. The Morgan fingerprint density at radius 1 is 1.20 bits per heavy atom. The first-order valence-corrected chi connectivity index (χ1v) is 10.6. The van der Waals surface area contributed by atoms with Gasteiger partial charge in [0.25, 0.3) is 11.8 Å². The fraction of sp³-hybridized carbons (Fsp3) is 0.458. The molecule has 1 saturated carbocycles. The first-order valence-electron chi connectivity index (χ1n) is 10.6. The van der Waals surface area contributed by atoms with Crippen molar-refractivity contribution in [2.24, 2.45) is 28.8 Å². The summed E-state index contributed by atoms with van der Waals surface area (Å²) in [5, 5.41) is 5.35. The Morgan fingerprint density at radius 2 is 1.87 bits per heavy atom. The molecular weight excluding hydrogens is 380 g/mol. The standard InChI is InChI=1S/C24H28N2O4/c1-5-7-18-10-15(11-19(29-6-2)22(18)30-14(3)4)13-25-26-23(27)20-16-8-9-17(12-16)21(20)24(26)28/h5,8-11,13-14,16-17,20-21H,1,6-7,12H2,2-4H3. The van der Waals surface area contributed by atoms with Crippen molar-refractivity contribution in [1.29, 1.82) is 0 Å². The molecule has 0 N–H and O–H groups in total. The van der Waals surface area contributed by atoms with E-state index in [4.69, 9.17) is 9.47 Å². The molecule has 0 radical (unpaired) electrons. The lowest BCUT2D eigenvalue weighted by Gasteiger charge is -2.19. The van der Waals surface area contributed by atoms with Crippen molar-refractivity contribution in [1.82, 2.24) is 5.01 Å². The van der Waals surface area contributed by atoms with Crippen LogP contribution in [0.5, 0.6) is 11.5 Å². The van der Waals surface area contributed by atoms with Gasteiger partial charge in [0, 0.05) is 5.56 Å². The molecule has 6 heteroatoms. The number of hydrogen-bond donors (Lipinski definition) is 0. The molecule has 1 aromatic rings. The van der Waals surface area contributed by atoms with Gasteiger partial charge in [-0.1, -0.05) is 18.2 Å². The molecule has 4 unspecified atom stereocenters. The predicted octanol–water partition coefficient (Wildman–Crippen LogP) is 3.74. The average Bonchev–Trinajstić information content (AvgIpc) is 3.37. The number of carbonyl (C=O) groups excluding carboxylic acids is 2. The number of hydrazone groups is 1. The fourth-order valence-corrected chi connectivity index (χ4v) is 4.82. The minimum Gasteiger partial charge on any atom is -0.490 e. The van der Waals surface area contributed by atoms with Crippen LogP contribution in [0.4, 0.5) is 0 Å². The van der Waals surface area contributed by atoms with Gasteiger partial charge in [-0.25, -0.2) is 0 Å². The monoisotopic (exact) mass is 408 g/mol. The normalized spacial score (nSPS) is 26.9. The van der Waals surface area contributed by atoms with E-state index in [0.29, 0.717) is 24.5 Å². The van der Waals surface area contributed by atoms with Gasteiger partial charge in [-0.15, -0.1) is 6.58 Å². The first kappa shape index (κ1) is 20.4. The quantitative estimate of drug-likeness (QED) is 0.373. The van der Waals surface area contributed by atoms with Crippen molar-refractivity contribution >= 4 is 18.0 Å². The molecule has 2 fully saturated rings. The smallest absolute Gasteiger partial charge is 0.254 e. The summed E-state index contributed by atoms with van der Waals surface area (Å²) in [6.45, 7) is 10.2. The number of nitrogens with zero attached hydrogens (tertiary/aromatic N) is 2. The summed E-state index contributed by atoms with van der Waals surface area (Å²) in [4.78, 5) is 25.6. The third-order valence-corrected chi connectivity index (χ3v) is 5.94. The molecule has 1 aliphatic heterocycles. The van der Waals surface area contributed by atoms with Gasteiger partial charge in [0.2, 0.25) is 0 Å². The highest BCUT2D eigenvalue weighted by atomic mass is 16.5. The number of imide groups is 1. The minimum atomic E-state index is -0.248. The van der Waals surface area contributed by atoms with E-state index in [1.165, 1.54) is 0 Å². The molecule has 0 aromatic heterocycles. The molecule has 2 amide bonds. The zero-order chi connectivity index (χ0) is 21.4. The number of allylic oxidation sites excluding steroid dienone is 3. The summed E-state index contributed by atoms with van der Waals surface area (Å²) in [6.07, 6.45) is 9.02. The van der Waals surface area contributed by atoms with E-state index in [-0.39, 0.29) is 41.6 Å². The van der Waals surface area contributed by atoms with Gasteiger partial charge in [-0.3, -0.25) is 9.59 Å². The largest absolute Gasteiger partial charge is 0.490 e. The molecule has 4 atom stereocenters. The van der Waals surface area contributed by atoms with Crippen LogP contribution >= 0.6 is 0 Å². The van der Waals surface area contributed by atoms with Gasteiger partial charge >= 0.3 is 0 Å². The summed E-state index contributed by atoms with van der Waals surface area (Å²) >= 11 is 0. The van der Waals surface area contributed by atoms with E-state index < -0.39 is 0 Å². The maximum atomic E-state index is 12.8. The van der Waals surface area contributed by atoms with Crippen LogP contribution in [0.3, 0.4) is 0 Å². The van der Waals surface area contributed by atoms with Crippen molar-refractivity contribution < 1.29 is 19.1 Å². The number of hydrogen-bond acceptors (Lipinski definition) is 5. The Kier molecular flexibility index (Phi) is 5.50. The zero-order valence-electron chi connectivity index (χ0n) is 17.7. The van der Waals surface area contributed by atoms with Crippen molar-refractivity contribution in [3.05, 3.63) is 48.1 Å². The van der Waals surface area contributed by atoms with Crippen molar-refractivity contribution in [3.63, 3.8) is 0 Å². The van der Waals surface area contributed by atoms with Crippen molar-refractivity contribution in [2.45, 2.75) is 39.7 Å². The van der Waals surface area contributed by atoms with Crippen LogP contribution in [-0.2, 0) is 16.0 Å². The number of fused-ring (bicyclic) bond motifs is 5. The first-order chi connectivity index (χ1) is 14.4. The SMILES string of the molecule is C=CCc1cc(C=NN2C(=O)C3C4C=CC(C4)C3C2=O)cc(OCC)c1OC(C)C. The molecule has 30 heavy (non-hydrogen) atoms. The van der Waals surface area contributed by atoms with Crippen LogP contribution in [0.15, 0.2) is 42.0 Å². The second-order valence-electron chi connectivity index (χ2n) is 8.33. The average molecular weight is 408 g/mol. The number of amides is 2. The maximum absolute atomic E-state index is 12.8. The maximum Gasteiger partial charge on any atom is 0.254 e. The Bertz CT molecular complexity index is 903. The topological polar surface area (TPSA) is 68.2 Å². The zero-order valence-corrected chi connectivity index (χ0v) is 17.7. The van der Waals surface area contributed by atoms with E-state index in [2.05, 4.69) is 23.8 Å². The number of carbonyl (C=O) groups is 2. The Morgan fingerprint density at radius 3 is 2.43 bits per heavy atom. The van der Waals surface area contributed by atoms with Crippen LogP contribution in [0, 0.1) is 23.7 Å². The van der Waals surface area contributed by atoms with Crippen LogP contribution in [0.1, 0.15) is 38.3 Å². The minimum absolute atomic E-state index is 0.00415. The highest BCUT2D eigenvalue weighted by Crippen LogP contribution is 2.52. The molecule has 2 aliphatic carbocycles. The van der Waals surface area contributed by atoms with E-state index in [1.807, 2.05) is 32.9 Å². The predicted molar refractivity (Wildman–Crippen MR) is 114 cm³/mol. The Labute approximate surface area is 177 Å². The molecule has 3 aliphatic rings. The lowest BCUT2D eigenvalue weighted by molar-refractivity contribution is -0.140. The van der Waals surface area contributed by atoms with Crippen LogP contribution in [-0.4, -0.2) is 35.7 Å². The molecular formula is C24H28N2O4. The molecule has 0 spiro atoms. The molecule has 6 nitrogen and oxygen atoms in total. The third-order valence-electron chi connectivity index (χ3n) is 5.94. The summed E-state index contributed by atoms with van der Waals surface area (Å²) in [5.74, 6) is 0.785. The van der Waals surface area contributed by atoms with E-state index >= 15 is 0 Å². The van der Waals surface area contributed by atoms with Crippen LogP contribution in [0.2, 0.25) is 0 Å². The molecule has 1 saturated heterocycles. The number of benzene rings is 1.